The molecule has 0 unspecified atom stereocenters. The summed E-state index contributed by atoms with van der Waals surface area (Å²) in [5.74, 6) is 0. The molecule has 0 saturated heterocycles. The van der Waals surface area contributed by atoms with Crippen molar-refractivity contribution in [2.45, 2.75) is 58.2 Å². The maximum absolute atomic E-state index is 2.43. The van der Waals surface area contributed by atoms with Crippen molar-refractivity contribution >= 4 is 25.4 Å². The highest BCUT2D eigenvalue weighted by Gasteiger charge is 2.43. The van der Waals surface area contributed by atoms with E-state index in [9.17, 15) is 0 Å². The molecule has 0 radical (unpaired) electrons. The van der Waals surface area contributed by atoms with E-state index in [1.807, 2.05) is 0 Å². The minimum Gasteiger partial charge on any atom is -0.0648 e. The molecule has 0 atom stereocenters. The summed E-state index contributed by atoms with van der Waals surface area (Å²) in [5, 5.41) is 1.61. The maximum atomic E-state index is 2.43. The Labute approximate surface area is 149 Å². The predicted molar refractivity (Wildman–Crippen MR) is 112 cm³/mol. The topological polar surface area (TPSA) is 0 Å². The van der Waals surface area contributed by atoms with Gasteiger partial charge in [-0.2, -0.15) is 0 Å². The predicted octanol–water partition coefficient (Wildman–Crippen LogP) is 6.74. The van der Waals surface area contributed by atoms with Gasteiger partial charge in [-0.25, -0.2) is 0 Å². The first kappa shape index (κ1) is 18.7. The van der Waals surface area contributed by atoms with Crippen molar-refractivity contribution in [3.63, 3.8) is 0 Å². The molecule has 0 aliphatic heterocycles. The molecule has 0 N–H and O–H groups in total. The molecule has 0 amide bonds. The second kappa shape index (κ2) is 7.98. The average molecular weight is 337 g/mol. The van der Waals surface area contributed by atoms with Crippen molar-refractivity contribution in [3.05, 3.63) is 65.7 Å². The van der Waals surface area contributed by atoms with Gasteiger partial charge in [0.2, 0.25) is 0 Å². The molecule has 0 saturated carbocycles. The van der Waals surface area contributed by atoms with Crippen molar-refractivity contribution in [2.75, 3.05) is 0 Å². The first-order valence-corrected chi connectivity index (χ1v) is 11.5. The Morgan fingerprint density at radius 3 is 1.42 bits per heavy atom. The molecule has 0 fully saturated rings. The Kier molecular flexibility index (Phi) is 6.23. The van der Waals surface area contributed by atoms with Crippen LogP contribution in [0.25, 0.3) is 12.2 Å². The fourth-order valence-corrected chi connectivity index (χ4v) is 11.4. The Morgan fingerprint density at radius 2 is 1.00 bits per heavy atom. The Hall–Kier alpha value is -1.60. The van der Waals surface area contributed by atoms with Crippen LogP contribution in [0.4, 0.5) is 0 Å². The van der Waals surface area contributed by atoms with Crippen LogP contribution in [0.2, 0.25) is 16.6 Å². The lowest BCUT2D eigenvalue weighted by Gasteiger charge is -2.43. The van der Waals surface area contributed by atoms with Crippen LogP contribution in [0.5, 0.6) is 0 Å². The van der Waals surface area contributed by atoms with Gasteiger partial charge >= 0.3 is 0 Å². The summed E-state index contributed by atoms with van der Waals surface area (Å²) in [6.45, 7) is 14.6. The summed E-state index contributed by atoms with van der Waals surface area (Å²) in [6.07, 6.45) is 4.40. The van der Waals surface area contributed by atoms with Gasteiger partial charge in [0.15, 0.2) is 0 Å². The summed E-state index contributed by atoms with van der Waals surface area (Å²) >= 11 is 0. The molecule has 0 spiro atoms. The first-order valence-electron chi connectivity index (χ1n) is 9.22. The highest BCUT2D eigenvalue weighted by atomic mass is 28.3. The van der Waals surface area contributed by atoms with Crippen LogP contribution in [-0.2, 0) is 0 Å². The summed E-state index contributed by atoms with van der Waals surface area (Å²) < 4.78 is 0. The second-order valence-electron chi connectivity index (χ2n) is 7.76. The molecule has 0 nitrogen and oxygen atoms in total. The summed E-state index contributed by atoms with van der Waals surface area (Å²) in [6, 6.07) is 19.9. The van der Waals surface area contributed by atoms with Gasteiger partial charge in [-0.15, -0.1) is 0 Å². The molecule has 0 aliphatic carbocycles. The lowest BCUT2D eigenvalue weighted by molar-refractivity contribution is 0.835. The van der Waals surface area contributed by atoms with E-state index in [1.54, 1.807) is 5.19 Å². The van der Waals surface area contributed by atoms with Crippen molar-refractivity contribution in [1.29, 1.82) is 0 Å². The molecule has 128 valence electrons. The van der Waals surface area contributed by atoms with E-state index in [0.29, 0.717) is 0 Å². The smallest absolute Gasteiger partial charge is 0.0648 e. The Balaban J connectivity index is 2.31. The number of hydrogen-bond donors (Lipinski definition) is 0. The highest BCUT2D eigenvalue weighted by molar-refractivity contribution is 6.95. The summed E-state index contributed by atoms with van der Waals surface area (Å²) in [4.78, 5) is 0. The van der Waals surface area contributed by atoms with E-state index < -0.39 is 8.07 Å². The summed E-state index contributed by atoms with van der Waals surface area (Å²) in [7, 11) is -1.54. The Bertz CT molecular complexity index is 626. The molecule has 1 heteroatoms. The SMILES string of the molecule is CC(C)[Si](c1ccc(/C=C/c2ccccc2)cc1)(C(C)C)C(C)C. The number of rotatable bonds is 6. The van der Waals surface area contributed by atoms with Gasteiger partial charge in [0.25, 0.3) is 0 Å². The average Bonchev–Trinajstić information content (AvgIpc) is 2.54. The molecule has 0 aromatic heterocycles. The summed E-state index contributed by atoms with van der Waals surface area (Å²) in [5.41, 5.74) is 4.79. The molecular weight excluding hydrogens is 304 g/mol. The monoisotopic (exact) mass is 336 g/mol. The third kappa shape index (κ3) is 3.72. The van der Waals surface area contributed by atoms with Gasteiger partial charge in [-0.1, -0.05) is 113 Å². The third-order valence-corrected chi connectivity index (χ3v) is 12.6. The van der Waals surface area contributed by atoms with Crippen LogP contribution in [0, 0.1) is 0 Å². The van der Waals surface area contributed by atoms with Crippen molar-refractivity contribution in [3.8, 4) is 0 Å². The van der Waals surface area contributed by atoms with Gasteiger partial charge in [-0.3, -0.25) is 0 Å². The fraction of sp³-hybridized carbons (Fsp3) is 0.391. The van der Waals surface area contributed by atoms with Crippen LogP contribution in [0.1, 0.15) is 52.7 Å². The van der Waals surface area contributed by atoms with E-state index in [-0.39, 0.29) is 0 Å². The van der Waals surface area contributed by atoms with Crippen LogP contribution in [0.15, 0.2) is 54.6 Å². The van der Waals surface area contributed by atoms with Crippen LogP contribution < -0.4 is 5.19 Å². The lowest BCUT2D eigenvalue weighted by Crippen LogP contribution is -2.55. The Morgan fingerprint density at radius 1 is 0.583 bits per heavy atom. The zero-order chi connectivity index (χ0) is 17.7. The molecular formula is C23H32Si. The maximum Gasteiger partial charge on any atom is 0.0942 e. The normalized spacial score (nSPS) is 12.7. The van der Waals surface area contributed by atoms with Crippen molar-refractivity contribution < 1.29 is 0 Å². The minimum atomic E-state index is -1.54. The van der Waals surface area contributed by atoms with Gasteiger partial charge in [0, 0.05) is 0 Å². The molecule has 0 aliphatic rings. The number of hydrogen-bond acceptors (Lipinski definition) is 0. The fourth-order valence-electron chi connectivity index (χ4n) is 4.64. The van der Waals surface area contributed by atoms with Gasteiger partial charge in [0.05, 0.1) is 8.07 Å². The van der Waals surface area contributed by atoms with Gasteiger partial charge in [-0.05, 0) is 27.8 Å². The van der Waals surface area contributed by atoms with E-state index in [1.165, 1.54) is 11.1 Å². The molecule has 2 aromatic rings. The first-order chi connectivity index (χ1) is 11.4. The van der Waals surface area contributed by atoms with E-state index in [2.05, 4.69) is 108 Å². The van der Waals surface area contributed by atoms with Gasteiger partial charge < -0.3 is 0 Å². The molecule has 2 aromatic carbocycles. The van der Waals surface area contributed by atoms with Crippen LogP contribution >= 0.6 is 0 Å². The molecule has 0 heterocycles. The quantitative estimate of drug-likeness (QED) is 0.404. The third-order valence-electron chi connectivity index (χ3n) is 5.54. The zero-order valence-corrected chi connectivity index (χ0v) is 17.1. The largest absolute Gasteiger partial charge is 0.0942 e. The minimum absolute atomic E-state index is 0.753. The number of benzene rings is 2. The molecule has 0 bridgehead atoms. The highest BCUT2D eigenvalue weighted by Crippen LogP contribution is 2.40. The van der Waals surface area contributed by atoms with Crippen LogP contribution in [-0.4, -0.2) is 8.07 Å². The van der Waals surface area contributed by atoms with E-state index in [4.69, 9.17) is 0 Å². The standard InChI is InChI=1S/C23H32Si/c1-18(2)24(19(3)4,20(5)6)23-16-14-22(15-17-23)13-12-21-10-8-7-9-11-21/h7-20H,1-6H3/b13-12+. The second-order valence-corrected chi connectivity index (χ2v) is 13.7. The lowest BCUT2D eigenvalue weighted by atomic mass is 10.1. The van der Waals surface area contributed by atoms with Crippen molar-refractivity contribution in [1.82, 2.24) is 0 Å². The molecule has 2 rings (SSSR count). The van der Waals surface area contributed by atoms with E-state index in [0.717, 1.165) is 16.6 Å². The van der Waals surface area contributed by atoms with Crippen molar-refractivity contribution in [2.24, 2.45) is 0 Å². The van der Waals surface area contributed by atoms with Crippen LogP contribution in [0.3, 0.4) is 0 Å². The molecule has 24 heavy (non-hydrogen) atoms. The van der Waals surface area contributed by atoms with E-state index >= 15 is 0 Å². The van der Waals surface area contributed by atoms with Gasteiger partial charge in [0.1, 0.15) is 0 Å². The zero-order valence-electron chi connectivity index (χ0n) is 16.1.